The fraction of sp³-hybridized carbons (Fsp3) is 0.182. The third-order valence-electron chi connectivity index (χ3n) is 2.17. The highest BCUT2D eigenvalue weighted by Gasteiger charge is 2.01. The summed E-state index contributed by atoms with van der Waals surface area (Å²) in [5, 5.41) is 4.08. The topological polar surface area (TPSA) is 24.9 Å². The van der Waals surface area contributed by atoms with Crippen LogP contribution in [0.15, 0.2) is 24.4 Å². The van der Waals surface area contributed by atoms with Gasteiger partial charge in [-0.05, 0) is 30.7 Å². The van der Waals surface area contributed by atoms with Crippen molar-refractivity contribution in [2.24, 2.45) is 0 Å². The van der Waals surface area contributed by atoms with Gasteiger partial charge in [0.05, 0.1) is 6.54 Å². The molecule has 0 aliphatic rings. The van der Waals surface area contributed by atoms with Crippen molar-refractivity contribution in [3.63, 3.8) is 0 Å². The van der Waals surface area contributed by atoms with Crippen LogP contribution in [-0.2, 0) is 6.54 Å². The lowest BCUT2D eigenvalue weighted by Gasteiger charge is -2.08. The Morgan fingerprint density at radius 1 is 1.38 bits per heavy atom. The van der Waals surface area contributed by atoms with Gasteiger partial charge in [-0.25, -0.2) is 4.98 Å². The van der Waals surface area contributed by atoms with E-state index in [1.54, 1.807) is 6.20 Å². The molecule has 0 amide bonds. The first-order chi connectivity index (χ1) is 7.65. The lowest BCUT2D eigenvalue weighted by atomic mass is 10.2. The Kier molecular flexibility index (Phi) is 3.69. The standard InChI is InChI=1S/C11H10Cl2N2S/c1-7-4-8(12)2-3-10(7)14-5-9-6-15-11(13)16-9/h2-4,6,14H,5H2,1H3. The summed E-state index contributed by atoms with van der Waals surface area (Å²) in [5.74, 6) is 0. The lowest BCUT2D eigenvalue weighted by Crippen LogP contribution is -1.99. The van der Waals surface area contributed by atoms with Gasteiger partial charge in [-0.1, -0.05) is 23.2 Å². The van der Waals surface area contributed by atoms with Crippen molar-refractivity contribution in [3.8, 4) is 0 Å². The average molecular weight is 273 g/mol. The highest BCUT2D eigenvalue weighted by molar-refractivity contribution is 7.15. The maximum Gasteiger partial charge on any atom is 0.183 e. The van der Waals surface area contributed by atoms with Crippen molar-refractivity contribution >= 4 is 40.2 Å². The molecular formula is C11H10Cl2N2S. The van der Waals surface area contributed by atoms with Crippen molar-refractivity contribution in [1.82, 2.24) is 4.98 Å². The van der Waals surface area contributed by atoms with Crippen LogP contribution in [-0.4, -0.2) is 4.98 Å². The predicted octanol–water partition coefficient (Wildman–Crippen LogP) is 4.37. The molecule has 0 aliphatic heterocycles. The Morgan fingerprint density at radius 3 is 2.81 bits per heavy atom. The molecule has 0 spiro atoms. The molecule has 1 aromatic carbocycles. The Hall–Kier alpha value is -0.770. The van der Waals surface area contributed by atoms with Crippen molar-refractivity contribution < 1.29 is 0 Å². The number of hydrogen-bond acceptors (Lipinski definition) is 3. The second-order valence-corrected chi connectivity index (χ2v) is 5.53. The molecule has 0 bridgehead atoms. The normalized spacial score (nSPS) is 10.4. The molecule has 0 unspecified atom stereocenters. The third kappa shape index (κ3) is 2.88. The van der Waals surface area contributed by atoms with E-state index in [9.17, 15) is 0 Å². The van der Waals surface area contributed by atoms with Crippen molar-refractivity contribution in [2.45, 2.75) is 13.5 Å². The van der Waals surface area contributed by atoms with Gasteiger partial charge in [0.15, 0.2) is 4.47 Å². The molecule has 0 saturated heterocycles. The number of aromatic nitrogens is 1. The molecule has 84 valence electrons. The molecule has 0 saturated carbocycles. The van der Waals surface area contributed by atoms with E-state index in [2.05, 4.69) is 10.3 Å². The van der Waals surface area contributed by atoms with Crippen molar-refractivity contribution in [2.75, 3.05) is 5.32 Å². The van der Waals surface area contributed by atoms with Crippen LogP contribution in [0.4, 0.5) is 5.69 Å². The number of benzene rings is 1. The number of aryl methyl sites for hydroxylation is 1. The van der Waals surface area contributed by atoms with E-state index in [0.29, 0.717) is 4.47 Å². The molecule has 1 aromatic heterocycles. The van der Waals surface area contributed by atoms with Gasteiger partial charge < -0.3 is 5.32 Å². The van der Waals surface area contributed by atoms with E-state index >= 15 is 0 Å². The average Bonchev–Trinajstić information content (AvgIpc) is 2.63. The van der Waals surface area contributed by atoms with E-state index in [1.807, 2.05) is 25.1 Å². The second-order valence-electron chi connectivity index (χ2n) is 3.39. The molecule has 0 aliphatic carbocycles. The molecule has 1 N–H and O–H groups in total. The van der Waals surface area contributed by atoms with Crippen LogP contribution in [0.3, 0.4) is 0 Å². The number of rotatable bonds is 3. The first-order valence-electron chi connectivity index (χ1n) is 4.75. The summed E-state index contributed by atoms with van der Waals surface area (Å²) in [4.78, 5) is 5.10. The van der Waals surface area contributed by atoms with Gasteiger partial charge in [0.2, 0.25) is 0 Å². The number of thiazole rings is 1. The molecular weight excluding hydrogens is 263 g/mol. The maximum absolute atomic E-state index is 5.88. The van der Waals surface area contributed by atoms with E-state index in [1.165, 1.54) is 11.3 Å². The number of hydrogen-bond donors (Lipinski definition) is 1. The van der Waals surface area contributed by atoms with Crippen LogP contribution in [0.5, 0.6) is 0 Å². The molecule has 0 fully saturated rings. The number of nitrogens with one attached hydrogen (secondary N) is 1. The van der Waals surface area contributed by atoms with Crippen LogP contribution in [0.1, 0.15) is 10.4 Å². The minimum absolute atomic E-state index is 0.574. The molecule has 0 radical (unpaired) electrons. The summed E-state index contributed by atoms with van der Waals surface area (Å²) in [6.45, 7) is 2.75. The summed E-state index contributed by atoms with van der Waals surface area (Å²) < 4.78 is 0.574. The van der Waals surface area contributed by atoms with Gasteiger partial charge >= 0.3 is 0 Å². The summed E-state index contributed by atoms with van der Waals surface area (Å²) in [6, 6.07) is 5.78. The smallest absolute Gasteiger partial charge is 0.183 e. The zero-order chi connectivity index (χ0) is 11.5. The molecule has 1 heterocycles. The summed E-state index contributed by atoms with van der Waals surface area (Å²) >= 11 is 13.1. The quantitative estimate of drug-likeness (QED) is 0.898. The highest BCUT2D eigenvalue weighted by Crippen LogP contribution is 2.22. The Bertz CT molecular complexity index is 496. The van der Waals surface area contributed by atoms with E-state index in [4.69, 9.17) is 23.2 Å². The minimum Gasteiger partial charge on any atom is -0.380 e. The van der Waals surface area contributed by atoms with Gasteiger partial charge in [-0.2, -0.15) is 0 Å². The lowest BCUT2D eigenvalue weighted by molar-refractivity contribution is 1.16. The fourth-order valence-corrected chi connectivity index (χ4v) is 2.52. The summed E-state index contributed by atoms with van der Waals surface area (Å²) in [7, 11) is 0. The Labute approximate surface area is 108 Å². The maximum atomic E-state index is 5.88. The van der Waals surface area contributed by atoms with Gasteiger partial charge in [-0.3, -0.25) is 0 Å². The number of anilines is 1. The third-order valence-corrected chi connectivity index (χ3v) is 3.52. The first-order valence-corrected chi connectivity index (χ1v) is 6.32. The molecule has 16 heavy (non-hydrogen) atoms. The molecule has 2 nitrogen and oxygen atoms in total. The zero-order valence-electron chi connectivity index (χ0n) is 8.63. The SMILES string of the molecule is Cc1cc(Cl)ccc1NCc1cnc(Cl)s1. The fourth-order valence-electron chi connectivity index (χ4n) is 1.37. The Morgan fingerprint density at radius 2 is 2.19 bits per heavy atom. The van der Waals surface area contributed by atoms with E-state index < -0.39 is 0 Å². The van der Waals surface area contributed by atoms with Gasteiger partial charge in [0.1, 0.15) is 0 Å². The summed E-state index contributed by atoms with van der Waals surface area (Å²) in [6.07, 6.45) is 1.78. The van der Waals surface area contributed by atoms with Crippen LogP contribution in [0, 0.1) is 6.92 Å². The number of nitrogens with zero attached hydrogens (tertiary/aromatic N) is 1. The van der Waals surface area contributed by atoms with Crippen LogP contribution in [0.25, 0.3) is 0 Å². The highest BCUT2D eigenvalue weighted by atomic mass is 35.5. The second kappa shape index (κ2) is 5.04. The number of halogens is 2. The van der Waals surface area contributed by atoms with Gasteiger partial charge in [-0.15, -0.1) is 11.3 Å². The van der Waals surface area contributed by atoms with Crippen LogP contribution >= 0.6 is 34.5 Å². The van der Waals surface area contributed by atoms with Crippen LogP contribution in [0.2, 0.25) is 9.49 Å². The largest absolute Gasteiger partial charge is 0.380 e. The molecule has 2 rings (SSSR count). The van der Waals surface area contributed by atoms with Gasteiger partial charge in [0.25, 0.3) is 0 Å². The van der Waals surface area contributed by atoms with E-state index in [-0.39, 0.29) is 0 Å². The molecule has 5 heteroatoms. The zero-order valence-corrected chi connectivity index (χ0v) is 11.0. The van der Waals surface area contributed by atoms with Crippen molar-refractivity contribution in [3.05, 3.63) is 44.3 Å². The monoisotopic (exact) mass is 272 g/mol. The van der Waals surface area contributed by atoms with Crippen molar-refractivity contribution in [1.29, 1.82) is 0 Å². The molecule has 0 atom stereocenters. The minimum atomic E-state index is 0.574. The van der Waals surface area contributed by atoms with Crippen LogP contribution < -0.4 is 5.32 Å². The predicted molar refractivity (Wildman–Crippen MR) is 70.6 cm³/mol. The molecule has 2 aromatic rings. The first kappa shape index (κ1) is 11.7. The summed E-state index contributed by atoms with van der Waals surface area (Å²) in [5.41, 5.74) is 2.21. The van der Waals surface area contributed by atoms with E-state index in [0.717, 1.165) is 27.7 Å². The van der Waals surface area contributed by atoms with Gasteiger partial charge in [0, 0.05) is 21.8 Å². The Balaban J connectivity index is 2.04.